The fourth-order valence-corrected chi connectivity index (χ4v) is 15.5. The van der Waals surface area contributed by atoms with Crippen LogP contribution in [0, 0.1) is 0 Å². The van der Waals surface area contributed by atoms with Crippen molar-refractivity contribution in [1.29, 1.82) is 0 Å². The Morgan fingerprint density at radius 3 is 1.25 bits per heavy atom. The molecule has 0 bridgehead atoms. The molecular formula is C81H53BN6. The standard InChI is InChI=1S/C81H53BN6/c1-3-5-25-51(4-2)55-32-23-34-61(47-55)83-69-42-21-17-38-65(69)76-80(83)87-67-40-19-15-36-63(67)73-78(87)85(76)71-49-60(59-45-57(53-28-11-7-12-29-53)44-58(46-59)54-30-13-8-14-31-54)50-72-75(71)82(73)74-64-37-16-20-41-68(64)88-79(74)86(72)77-66-39-18-22-43-70(66)84(81(77)88)62-35-24-33-56(48-62)52-26-9-6-10-27-52/h3-50H,1H2,2H3/b25-5-,51-4+. The van der Waals surface area contributed by atoms with Crippen LogP contribution in [0.5, 0.6) is 0 Å². The lowest BCUT2D eigenvalue weighted by Gasteiger charge is -2.32. The molecule has 11 aromatic carbocycles. The Bertz CT molecular complexity index is 5840. The van der Waals surface area contributed by atoms with Gasteiger partial charge in [-0.3, -0.25) is 27.1 Å². The Balaban J connectivity index is 1.01. The summed E-state index contributed by atoms with van der Waals surface area (Å²) in [5, 5.41) is 4.88. The van der Waals surface area contributed by atoms with E-state index in [4.69, 9.17) is 0 Å². The van der Waals surface area contributed by atoms with E-state index < -0.39 is 0 Å². The zero-order chi connectivity index (χ0) is 57.9. The number of fused-ring (bicyclic) bond motifs is 20. The molecule has 6 aromatic heterocycles. The van der Waals surface area contributed by atoms with Gasteiger partial charge in [0.2, 0.25) is 0 Å². The first-order valence-corrected chi connectivity index (χ1v) is 30.4. The van der Waals surface area contributed by atoms with E-state index in [1.165, 1.54) is 116 Å². The van der Waals surface area contributed by atoms with Crippen molar-refractivity contribution in [2.45, 2.75) is 6.92 Å². The maximum Gasteiger partial charge on any atom is 0.258 e. The highest BCUT2D eigenvalue weighted by atomic mass is 15.2. The van der Waals surface area contributed by atoms with Gasteiger partial charge in [0.15, 0.2) is 0 Å². The summed E-state index contributed by atoms with van der Waals surface area (Å²) in [5.41, 5.74) is 31.8. The molecule has 2 aliphatic rings. The molecule has 0 amide bonds. The average Bonchev–Trinajstić information content (AvgIpc) is 1.47. The molecular weight excluding hydrogens is 1070 g/mol. The SMILES string of the molecule is C=C/C=C\C(=C/C)c1cccc(-n2c3ccccc3c3c2n2c4ccccc4c4c2n3-c2cc(-c3cc(-c5ccccc5)cc(-c5ccccc5)c3)cc3c2B4c2c4ccccc4n4c2n-3c2c3ccccc3n(-c3cccc(-c5ccccc5)c3)c24)c1. The minimum absolute atomic E-state index is 0.157. The number of imidazole rings is 2. The van der Waals surface area contributed by atoms with Gasteiger partial charge in [-0.05, 0) is 169 Å². The number of nitrogens with zero attached hydrogens (tertiary/aromatic N) is 6. The van der Waals surface area contributed by atoms with Crippen molar-refractivity contribution in [3.05, 3.63) is 303 Å². The lowest BCUT2D eigenvalue weighted by molar-refractivity contribution is 1.10. The van der Waals surface area contributed by atoms with Gasteiger partial charge in [0.1, 0.15) is 22.6 Å². The van der Waals surface area contributed by atoms with Crippen LogP contribution in [0.4, 0.5) is 0 Å². The van der Waals surface area contributed by atoms with Gasteiger partial charge < -0.3 is 0 Å². The highest BCUT2D eigenvalue weighted by Gasteiger charge is 2.47. The van der Waals surface area contributed by atoms with Crippen LogP contribution in [0.2, 0.25) is 0 Å². The van der Waals surface area contributed by atoms with Crippen molar-refractivity contribution < 1.29 is 0 Å². The molecule has 7 heteroatoms. The summed E-state index contributed by atoms with van der Waals surface area (Å²) in [6.07, 6.45) is 8.20. The summed E-state index contributed by atoms with van der Waals surface area (Å²) in [4.78, 5) is 0. The molecule has 0 atom stereocenters. The number of allylic oxidation sites excluding steroid dienone is 5. The van der Waals surface area contributed by atoms with Crippen LogP contribution >= 0.6 is 0 Å². The summed E-state index contributed by atoms with van der Waals surface area (Å²) >= 11 is 0. The second kappa shape index (κ2) is 18.5. The second-order valence-electron chi connectivity index (χ2n) is 23.6. The van der Waals surface area contributed by atoms with E-state index in [1.54, 1.807) is 0 Å². The Kier molecular flexibility index (Phi) is 10.2. The third kappa shape index (κ3) is 6.62. The highest BCUT2D eigenvalue weighted by molar-refractivity contribution is 7.02. The summed E-state index contributed by atoms with van der Waals surface area (Å²) in [6, 6.07) is 99.5. The van der Waals surface area contributed by atoms with E-state index >= 15 is 0 Å². The molecule has 19 rings (SSSR count). The molecule has 8 heterocycles. The molecule has 0 radical (unpaired) electrons. The van der Waals surface area contributed by atoms with Gasteiger partial charge in [-0.1, -0.05) is 219 Å². The molecule has 6 nitrogen and oxygen atoms in total. The van der Waals surface area contributed by atoms with E-state index in [-0.39, 0.29) is 6.71 Å². The van der Waals surface area contributed by atoms with Crippen LogP contribution in [-0.2, 0) is 0 Å². The van der Waals surface area contributed by atoms with Crippen LogP contribution in [0.1, 0.15) is 12.5 Å². The van der Waals surface area contributed by atoms with Crippen LogP contribution in [0.3, 0.4) is 0 Å². The van der Waals surface area contributed by atoms with Gasteiger partial charge in [-0.15, -0.1) is 0 Å². The molecule has 0 N–H and O–H groups in total. The van der Waals surface area contributed by atoms with Crippen molar-refractivity contribution in [3.63, 3.8) is 0 Å². The zero-order valence-corrected chi connectivity index (χ0v) is 48.2. The molecule has 2 aliphatic heterocycles. The first-order chi connectivity index (χ1) is 43.6. The van der Waals surface area contributed by atoms with Gasteiger partial charge in [-0.2, -0.15) is 0 Å². The quantitative estimate of drug-likeness (QED) is 0.102. The third-order valence-electron chi connectivity index (χ3n) is 19.1. The van der Waals surface area contributed by atoms with E-state index in [1.807, 2.05) is 12.2 Å². The highest BCUT2D eigenvalue weighted by Crippen LogP contribution is 2.47. The maximum atomic E-state index is 4.00. The molecule has 88 heavy (non-hydrogen) atoms. The molecule has 0 spiro atoms. The first-order valence-electron chi connectivity index (χ1n) is 30.4. The fraction of sp³-hybridized carbons (Fsp3) is 0.0123. The van der Waals surface area contributed by atoms with Crippen molar-refractivity contribution in [2.75, 3.05) is 0 Å². The number of benzene rings is 11. The van der Waals surface area contributed by atoms with Crippen molar-refractivity contribution in [3.8, 4) is 67.3 Å². The Morgan fingerprint density at radius 1 is 0.341 bits per heavy atom. The van der Waals surface area contributed by atoms with Gasteiger partial charge in [0, 0.05) is 33.5 Å². The van der Waals surface area contributed by atoms with Gasteiger partial charge in [-0.25, -0.2) is 0 Å². The van der Waals surface area contributed by atoms with Crippen molar-refractivity contribution in [1.82, 2.24) is 27.1 Å². The minimum Gasteiger partial charge on any atom is -0.294 e. The predicted octanol–water partition coefficient (Wildman–Crippen LogP) is 18.2. The monoisotopic (exact) mass is 1120 g/mol. The van der Waals surface area contributed by atoms with Crippen molar-refractivity contribution in [2.24, 2.45) is 0 Å². The Hall–Kier alpha value is -11.5. The van der Waals surface area contributed by atoms with E-state index in [0.717, 1.165) is 56.0 Å². The topological polar surface area (TPSA) is 28.5 Å². The predicted molar refractivity (Wildman–Crippen MR) is 370 cm³/mol. The largest absolute Gasteiger partial charge is 0.294 e. The third-order valence-corrected chi connectivity index (χ3v) is 19.1. The molecule has 0 unspecified atom stereocenters. The van der Waals surface area contributed by atoms with Gasteiger partial charge >= 0.3 is 0 Å². The lowest BCUT2D eigenvalue weighted by Crippen LogP contribution is -2.59. The zero-order valence-electron chi connectivity index (χ0n) is 48.2. The molecule has 0 saturated carbocycles. The Labute approximate surface area is 507 Å². The van der Waals surface area contributed by atoms with E-state index in [0.29, 0.717) is 0 Å². The molecule has 0 aliphatic carbocycles. The molecule has 0 saturated heterocycles. The van der Waals surface area contributed by atoms with Crippen LogP contribution in [0.15, 0.2) is 298 Å². The van der Waals surface area contributed by atoms with Crippen molar-refractivity contribution >= 4 is 106 Å². The van der Waals surface area contributed by atoms with Crippen LogP contribution in [0.25, 0.3) is 150 Å². The smallest absolute Gasteiger partial charge is 0.258 e. The van der Waals surface area contributed by atoms with E-state index in [9.17, 15) is 0 Å². The van der Waals surface area contributed by atoms with Crippen LogP contribution in [-0.4, -0.2) is 33.8 Å². The fourth-order valence-electron chi connectivity index (χ4n) is 15.5. The Morgan fingerprint density at radius 2 is 0.750 bits per heavy atom. The van der Waals surface area contributed by atoms with E-state index in [2.05, 4.69) is 320 Å². The number of rotatable bonds is 9. The van der Waals surface area contributed by atoms with Gasteiger partial charge in [0.25, 0.3) is 6.71 Å². The number of hydrogen-bond donors (Lipinski definition) is 0. The average molecular weight is 1120 g/mol. The molecule has 410 valence electrons. The maximum absolute atomic E-state index is 4.00. The molecule has 0 fully saturated rings. The van der Waals surface area contributed by atoms with Crippen LogP contribution < -0.4 is 16.4 Å². The summed E-state index contributed by atoms with van der Waals surface area (Å²) in [5.74, 6) is 0. The minimum atomic E-state index is -0.157. The summed E-state index contributed by atoms with van der Waals surface area (Å²) < 4.78 is 15.6. The number of para-hydroxylation sites is 4. The normalized spacial score (nSPS) is 12.9. The first kappa shape index (κ1) is 48.8. The molecule has 17 aromatic rings. The summed E-state index contributed by atoms with van der Waals surface area (Å²) in [7, 11) is 0. The second-order valence-corrected chi connectivity index (χ2v) is 23.6. The lowest BCUT2D eigenvalue weighted by atomic mass is 9.34. The number of hydrogen-bond acceptors (Lipinski definition) is 0. The van der Waals surface area contributed by atoms with Gasteiger partial charge in [0.05, 0.1) is 33.1 Å². The number of aromatic nitrogens is 6. The summed E-state index contributed by atoms with van der Waals surface area (Å²) in [6.45, 7) is 5.96.